The topological polar surface area (TPSA) is 104 Å². The van der Waals surface area contributed by atoms with Crippen molar-refractivity contribution < 1.29 is 19.8 Å². The van der Waals surface area contributed by atoms with Gasteiger partial charge in [0.1, 0.15) is 22.7 Å². The molecule has 3 N–H and O–H groups in total. The number of carbonyl (C=O) groups is 2. The molecule has 0 unspecified atom stereocenters. The number of carbonyl (C=O) groups excluding carboxylic acids is 1. The lowest BCUT2D eigenvalue weighted by molar-refractivity contribution is 0.0693. The monoisotopic (exact) mass is 403 g/mol. The summed E-state index contributed by atoms with van der Waals surface area (Å²) in [6.45, 7) is 1.90. The normalized spacial score (nSPS) is 10.8. The first-order valence-corrected chi connectivity index (χ1v) is 8.24. The average Bonchev–Trinajstić information content (AvgIpc) is 2.94. The number of aromatic carboxylic acids is 1. The van der Waals surface area contributed by atoms with Gasteiger partial charge in [0.2, 0.25) is 0 Å². The van der Waals surface area contributed by atoms with Crippen LogP contribution in [0.2, 0.25) is 0 Å². The number of aromatic nitrogens is 2. The Morgan fingerprint density at radius 3 is 2.72 bits per heavy atom. The molecule has 0 atom stereocenters. The van der Waals surface area contributed by atoms with Crippen molar-refractivity contribution in [3.8, 4) is 5.75 Å². The van der Waals surface area contributed by atoms with Gasteiger partial charge in [-0.05, 0) is 52.7 Å². The van der Waals surface area contributed by atoms with Gasteiger partial charge in [-0.15, -0.1) is 0 Å². The summed E-state index contributed by atoms with van der Waals surface area (Å²) in [4.78, 5) is 28.3. The van der Waals surface area contributed by atoms with E-state index in [-0.39, 0.29) is 17.0 Å². The number of imidazole rings is 1. The number of amides is 1. The molecule has 8 heteroatoms. The fraction of sp³-hybridized carbons (Fsp3) is 0.118. The summed E-state index contributed by atoms with van der Waals surface area (Å²) >= 11 is 3.37. The van der Waals surface area contributed by atoms with Crippen LogP contribution in [0.3, 0.4) is 0 Å². The minimum atomic E-state index is -1.28. The number of carboxylic acids is 1. The highest BCUT2D eigenvalue weighted by Crippen LogP contribution is 2.23. The molecule has 1 aromatic carbocycles. The molecule has 2 heterocycles. The number of fused-ring (bicyclic) bond motifs is 1. The summed E-state index contributed by atoms with van der Waals surface area (Å²) < 4.78 is 2.48. The van der Waals surface area contributed by atoms with Gasteiger partial charge in [-0.3, -0.25) is 9.20 Å². The van der Waals surface area contributed by atoms with E-state index in [4.69, 9.17) is 5.11 Å². The molecule has 0 aliphatic carbocycles. The molecule has 128 valence electrons. The van der Waals surface area contributed by atoms with Gasteiger partial charge in [0, 0.05) is 16.4 Å². The third-order valence-corrected chi connectivity index (χ3v) is 4.16. The Morgan fingerprint density at radius 2 is 2.04 bits per heavy atom. The summed E-state index contributed by atoms with van der Waals surface area (Å²) in [7, 11) is 0. The van der Waals surface area contributed by atoms with Crippen LogP contribution >= 0.6 is 15.9 Å². The number of halogens is 1. The van der Waals surface area contributed by atoms with E-state index in [1.165, 1.54) is 18.2 Å². The average molecular weight is 404 g/mol. The molecule has 0 aliphatic rings. The molecule has 0 saturated heterocycles. The zero-order valence-electron chi connectivity index (χ0n) is 13.2. The summed E-state index contributed by atoms with van der Waals surface area (Å²) in [5, 5.41) is 21.3. The van der Waals surface area contributed by atoms with Crippen LogP contribution in [0.4, 0.5) is 5.69 Å². The number of carboxylic acid groups (broad SMARTS) is 1. The number of benzene rings is 1. The molecule has 0 spiro atoms. The predicted octanol–water partition coefficient (Wildman–Crippen LogP) is 3.32. The van der Waals surface area contributed by atoms with Crippen molar-refractivity contribution in [1.29, 1.82) is 0 Å². The highest BCUT2D eigenvalue weighted by Gasteiger charge is 2.19. The highest BCUT2D eigenvalue weighted by atomic mass is 79.9. The SMILES string of the molecule is CCc1nc2ccc(Br)cn2c1C(=O)Nc1ccc(O)c(C(=O)O)c1. The second-order valence-electron chi connectivity index (χ2n) is 5.33. The largest absolute Gasteiger partial charge is 0.507 e. The standard InChI is InChI=1S/C17H14BrN3O4/c1-2-12-15(21-8-9(18)3-6-14(21)20-12)16(23)19-10-4-5-13(22)11(7-10)17(24)25/h3-8,22H,2H2,1H3,(H,19,23)(H,24,25). The molecule has 0 aliphatic heterocycles. The van der Waals surface area contributed by atoms with E-state index >= 15 is 0 Å². The van der Waals surface area contributed by atoms with E-state index < -0.39 is 11.9 Å². The van der Waals surface area contributed by atoms with E-state index in [2.05, 4.69) is 26.2 Å². The third-order valence-electron chi connectivity index (χ3n) is 3.69. The van der Waals surface area contributed by atoms with Crippen LogP contribution in [-0.2, 0) is 6.42 Å². The molecule has 7 nitrogen and oxygen atoms in total. The van der Waals surface area contributed by atoms with Gasteiger partial charge in [0.25, 0.3) is 5.91 Å². The maximum Gasteiger partial charge on any atom is 0.339 e. The molecule has 3 rings (SSSR count). The number of nitrogens with zero attached hydrogens (tertiary/aromatic N) is 2. The maximum atomic E-state index is 12.7. The minimum Gasteiger partial charge on any atom is -0.507 e. The lowest BCUT2D eigenvalue weighted by Gasteiger charge is -2.08. The fourth-order valence-electron chi connectivity index (χ4n) is 2.53. The van der Waals surface area contributed by atoms with Crippen LogP contribution in [0.5, 0.6) is 5.75 Å². The lowest BCUT2D eigenvalue weighted by Crippen LogP contribution is -2.16. The quantitative estimate of drug-likeness (QED) is 0.579. The van der Waals surface area contributed by atoms with Gasteiger partial charge in [-0.25, -0.2) is 9.78 Å². The van der Waals surface area contributed by atoms with Crippen LogP contribution in [0.15, 0.2) is 41.0 Å². The van der Waals surface area contributed by atoms with Gasteiger partial charge in [-0.2, -0.15) is 0 Å². The molecule has 0 radical (unpaired) electrons. The van der Waals surface area contributed by atoms with Crippen molar-refractivity contribution >= 4 is 39.1 Å². The zero-order valence-corrected chi connectivity index (χ0v) is 14.7. The molecule has 0 bridgehead atoms. The van der Waals surface area contributed by atoms with Crippen molar-refractivity contribution in [2.24, 2.45) is 0 Å². The first-order chi connectivity index (χ1) is 11.9. The van der Waals surface area contributed by atoms with E-state index in [1.54, 1.807) is 16.7 Å². The molecule has 25 heavy (non-hydrogen) atoms. The Labute approximate surface area is 151 Å². The Morgan fingerprint density at radius 1 is 1.28 bits per heavy atom. The first kappa shape index (κ1) is 17.0. The fourth-order valence-corrected chi connectivity index (χ4v) is 2.87. The molecule has 0 fully saturated rings. The van der Waals surface area contributed by atoms with Crippen LogP contribution in [0.25, 0.3) is 5.65 Å². The van der Waals surface area contributed by atoms with Crippen LogP contribution < -0.4 is 5.32 Å². The Kier molecular flexibility index (Phi) is 4.45. The van der Waals surface area contributed by atoms with Crippen molar-refractivity contribution in [3.05, 3.63) is 58.0 Å². The Balaban J connectivity index is 2.02. The minimum absolute atomic E-state index is 0.271. The summed E-state index contributed by atoms with van der Waals surface area (Å²) in [5.74, 6) is -2.05. The Bertz CT molecular complexity index is 997. The van der Waals surface area contributed by atoms with E-state index in [1.807, 2.05) is 13.0 Å². The lowest BCUT2D eigenvalue weighted by atomic mass is 10.1. The first-order valence-electron chi connectivity index (χ1n) is 7.45. The van der Waals surface area contributed by atoms with Gasteiger partial charge < -0.3 is 15.5 Å². The van der Waals surface area contributed by atoms with Crippen molar-refractivity contribution in [3.63, 3.8) is 0 Å². The molecule has 2 aromatic heterocycles. The van der Waals surface area contributed by atoms with E-state index in [9.17, 15) is 14.7 Å². The van der Waals surface area contributed by atoms with Gasteiger partial charge >= 0.3 is 5.97 Å². The second-order valence-corrected chi connectivity index (χ2v) is 6.24. The van der Waals surface area contributed by atoms with E-state index in [0.717, 1.165) is 4.47 Å². The molecule has 1 amide bonds. The number of rotatable bonds is 4. The summed E-state index contributed by atoms with van der Waals surface area (Å²) in [5.41, 5.74) is 1.64. The molecular weight excluding hydrogens is 390 g/mol. The Hall–Kier alpha value is -2.87. The van der Waals surface area contributed by atoms with E-state index in [0.29, 0.717) is 23.5 Å². The maximum absolute atomic E-state index is 12.7. The molecular formula is C17H14BrN3O4. The van der Waals surface area contributed by atoms with Crippen molar-refractivity contribution in [2.75, 3.05) is 5.32 Å². The highest BCUT2D eigenvalue weighted by molar-refractivity contribution is 9.10. The summed E-state index contributed by atoms with van der Waals surface area (Å²) in [6.07, 6.45) is 2.31. The predicted molar refractivity (Wildman–Crippen MR) is 95.3 cm³/mol. The van der Waals surface area contributed by atoms with Gasteiger partial charge in [-0.1, -0.05) is 6.92 Å². The number of aryl methyl sites for hydroxylation is 1. The zero-order chi connectivity index (χ0) is 18.1. The number of anilines is 1. The number of hydrogen-bond donors (Lipinski definition) is 3. The third kappa shape index (κ3) is 3.20. The van der Waals surface area contributed by atoms with Crippen LogP contribution in [-0.4, -0.2) is 31.5 Å². The number of nitrogens with one attached hydrogen (secondary N) is 1. The van der Waals surface area contributed by atoms with Crippen LogP contribution in [0.1, 0.15) is 33.5 Å². The number of pyridine rings is 1. The number of phenols is 1. The van der Waals surface area contributed by atoms with Crippen molar-refractivity contribution in [2.45, 2.75) is 13.3 Å². The number of hydrogen-bond acceptors (Lipinski definition) is 4. The smallest absolute Gasteiger partial charge is 0.339 e. The second kappa shape index (κ2) is 6.56. The molecule has 0 saturated carbocycles. The van der Waals surface area contributed by atoms with Crippen LogP contribution in [0, 0.1) is 0 Å². The number of aromatic hydroxyl groups is 1. The molecule has 3 aromatic rings. The van der Waals surface area contributed by atoms with Gasteiger partial charge in [0.05, 0.1) is 5.69 Å². The van der Waals surface area contributed by atoms with Gasteiger partial charge in [0.15, 0.2) is 0 Å². The van der Waals surface area contributed by atoms with Crippen molar-refractivity contribution in [1.82, 2.24) is 9.38 Å². The summed E-state index contributed by atoms with van der Waals surface area (Å²) in [6, 6.07) is 7.50.